The Morgan fingerprint density at radius 3 is 2.46 bits per heavy atom. The molecule has 0 aromatic heterocycles. The molecule has 1 unspecified atom stereocenters. The molecule has 28 heavy (non-hydrogen) atoms. The van der Waals surface area contributed by atoms with Crippen LogP contribution in [0.15, 0.2) is 0 Å². The zero-order valence-corrected chi connectivity index (χ0v) is 20.8. The first-order valence-corrected chi connectivity index (χ1v) is 13.0. The molecule has 5 heteroatoms. The summed E-state index contributed by atoms with van der Waals surface area (Å²) in [5.74, 6) is 3.05. The second kappa shape index (κ2) is 7.31. The van der Waals surface area contributed by atoms with E-state index in [0.717, 1.165) is 43.9 Å². The Bertz CT molecular complexity index is 641. The van der Waals surface area contributed by atoms with Gasteiger partial charge in [-0.25, -0.2) is 0 Å². The van der Waals surface area contributed by atoms with Gasteiger partial charge in [0.05, 0.1) is 21.9 Å². The zero-order valence-electron chi connectivity index (χ0n) is 17.6. The number of alkyl halides is 2. The standard InChI is InChI=1S/C23H36Br2O3/c1-20-10-11-22(27,14-28-3)12-15(20)4-5-16-17(20)6-8-21(2)18(16)7-9-23(21,25)19(26)13-24/h15-18,27H,4-14H2,1-3H3/t15-,16+,17-,18-,20-,21-,22+,23?/m0/s1. The van der Waals surface area contributed by atoms with Gasteiger partial charge in [0.15, 0.2) is 5.78 Å². The minimum absolute atomic E-state index is 0.0771. The van der Waals surface area contributed by atoms with Crippen molar-refractivity contribution in [3.8, 4) is 0 Å². The van der Waals surface area contributed by atoms with Gasteiger partial charge >= 0.3 is 0 Å². The number of hydrogen-bond donors (Lipinski definition) is 1. The quantitative estimate of drug-likeness (QED) is 0.498. The Balaban J connectivity index is 1.58. The van der Waals surface area contributed by atoms with E-state index in [4.69, 9.17) is 4.74 Å². The van der Waals surface area contributed by atoms with Crippen molar-refractivity contribution in [2.24, 2.45) is 34.5 Å². The van der Waals surface area contributed by atoms with Crippen LogP contribution >= 0.6 is 31.9 Å². The molecule has 160 valence electrons. The van der Waals surface area contributed by atoms with E-state index in [0.29, 0.717) is 35.0 Å². The van der Waals surface area contributed by atoms with Gasteiger partial charge in [0.1, 0.15) is 0 Å². The lowest BCUT2D eigenvalue weighted by molar-refractivity contribution is -0.162. The molecule has 1 N–H and O–H groups in total. The highest BCUT2D eigenvalue weighted by atomic mass is 79.9. The van der Waals surface area contributed by atoms with Crippen LogP contribution in [-0.4, -0.2) is 39.9 Å². The predicted octanol–water partition coefficient (Wildman–Crippen LogP) is 5.50. The molecular weight excluding hydrogens is 484 g/mol. The van der Waals surface area contributed by atoms with Gasteiger partial charge in [-0.15, -0.1) is 0 Å². The summed E-state index contributed by atoms with van der Waals surface area (Å²) in [6.45, 7) is 5.38. The normalized spacial score (nSPS) is 53.2. The van der Waals surface area contributed by atoms with Crippen molar-refractivity contribution in [2.45, 2.75) is 81.6 Å². The summed E-state index contributed by atoms with van der Waals surface area (Å²) in [5, 5.41) is 11.4. The van der Waals surface area contributed by atoms with Gasteiger partial charge in [0.2, 0.25) is 0 Å². The van der Waals surface area contributed by atoms with Crippen molar-refractivity contribution in [3.05, 3.63) is 0 Å². The minimum Gasteiger partial charge on any atom is -0.387 e. The van der Waals surface area contributed by atoms with Gasteiger partial charge in [-0.1, -0.05) is 45.7 Å². The van der Waals surface area contributed by atoms with Crippen molar-refractivity contribution >= 4 is 37.6 Å². The van der Waals surface area contributed by atoms with Gasteiger partial charge in [-0.3, -0.25) is 4.79 Å². The number of rotatable bonds is 4. The maximum Gasteiger partial charge on any atom is 0.160 e. The lowest BCUT2D eigenvalue weighted by Crippen LogP contribution is -2.58. The van der Waals surface area contributed by atoms with E-state index in [2.05, 4.69) is 45.7 Å². The molecule has 8 atom stereocenters. The molecule has 0 aromatic carbocycles. The van der Waals surface area contributed by atoms with Crippen LogP contribution in [0.5, 0.6) is 0 Å². The molecule has 4 saturated carbocycles. The third-order valence-electron chi connectivity index (χ3n) is 9.89. The van der Waals surface area contributed by atoms with Gasteiger partial charge < -0.3 is 9.84 Å². The first-order valence-electron chi connectivity index (χ1n) is 11.1. The van der Waals surface area contributed by atoms with Crippen molar-refractivity contribution in [3.63, 3.8) is 0 Å². The molecule has 0 radical (unpaired) electrons. The average molecular weight is 520 g/mol. The van der Waals surface area contributed by atoms with Crippen LogP contribution in [0.1, 0.15) is 71.6 Å². The van der Waals surface area contributed by atoms with E-state index in [1.807, 2.05) is 0 Å². The number of hydrogen-bond acceptors (Lipinski definition) is 3. The molecule has 3 nitrogen and oxygen atoms in total. The van der Waals surface area contributed by atoms with E-state index in [1.165, 1.54) is 25.7 Å². The van der Waals surface area contributed by atoms with E-state index in [9.17, 15) is 9.90 Å². The third-order valence-corrected chi connectivity index (χ3v) is 12.1. The Hall–Kier alpha value is 0.550. The topological polar surface area (TPSA) is 46.5 Å². The summed E-state index contributed by atoms with van der Waals surface area (Å²) in [6, 6.07) is 0. The number of aliphatic hydroxyl groups is 1. The van der Waals surface area contributed by atoms with Crippen LogP contribution < -0.4 is 0 Å². The van der Waals surface area contributed by atoms with Crippen LogP contribution in [-0.2, 0) is 9.53 Å². The Labute approximate surface area is 187 Å². The van der Waals surface area contributed by atoms with Crippen LogP contribution in [0.2, 0.25) is 0 Å². The average Bonchev–Trinajstić information content (AvgIpc) is 2.94. The summed E-state index contributed by atoms with van der Waals surface area (Å²) >= 11 is 7.41. The number of ketones is 1. The number of Topliss-reactive ketones (excluding diaryl/α,β-unsaturated/α-hetero) is 1. The fraction of sp³-hybridized carbons (Fsp3) is 0.957. The molecule has 0 amide bonds. The molecule has 0 saturated heterocycles. The summed E-state index contributed by atoms with van der Waals surface area (Å²) in [5.41, 5.74) is -0.218. The Morgan fingerprint density at radius 1 is 1.07 bits per heavy atom. The summed E-state index contributed by atoms with van der Waals surface area (Å²) in [4.78, 5) is 12.8. The highest BCUT2D eigenvalue weighted by molar-refractivity contribution is 9.11. The number of halogens is 2. The van der Waals surface area contributed by atoms with Crippen molar-refractivity contribution in [2.75, 3.05) is 19.0 Å². The van der Waals surface area contributed by atoms with Gasteiger partial charge in [-0.05, 0) is 92.3 Å². The molecule has 0 aliphatic heterocycles. The number of carbonyl (C=O) groups excluding carboxylic acids is 1. The predicted molar refractivity (Wildman–Crippen MR) is 119 cm³/mol. The van der Waals surface area contributed by atoms with E-state index < -0.39 is 5.60 Å². The zero-order chi connectivity index (χ0) is 20.4. The summed E-state index contributed by atoms with van der Waals surface area (Å²) in [7, 11) is 1.70. The molecule has 4 fully saturated rings. The molecule has 4 rings (SSSR count). The van der Waals surface area contributed by atoms with E-state index >= 15 is 0 Å². The van der Waals surface area contributed by atoms with E-state index in [-0.39, 0.29) is 9.74 Å². The number of methoxy groups -OCH3 is 1. The van der Waals surface area contributed by atoms with Crippen molar-refractivity contribution in [1.29, 1.82) is 0 Å². The van der Waals surface area contributed by atoms with Crippen molar-refractivity contribution < 1.29 is 14.6 Å². The Kier molecular flexibility index (Phi) is 5.68. The third kappa shape index (κ3) is 2.96. The summed E-state index contributed by atoms with van der Waals surface area (Å²) < 4.78 is 4.99. The van der Waals surface area contributed by atoms with Crippen LogP contribution in [0, 0.1) is 34.5 Å². The van der Waals surface area contributed by atoms with Gasteiger partial charge in [0, 0.05) is 7.11 Å². The number of ether oxygens (including phenoxy) is 1. The number of carbonyl (C=O) groups is 1. The lowest BCUT2D eigenvalue weighted by Gasteiger charge is -2.62. The second-order valence-corrected chi connectivity index (χ2v) is 12.8. The fourth-order valence-electron chi connectivity index (χ4n) is 8.27. The monoisotopic (exact) mass is 518 g/mol. The molecule has 0 spiro atoms. The largest absolute Gasteiger partial charge is 0.387 e. The molecule has 0 aromatic rings. The highest BCUT2D eigenvalue weighted by Gasteiger charge is 2.66. The highest BCUT2D eigenvalue weighted by Crippen LogP contribution is 2.70. The van der Waals surface area contributed by atoms with Crippen molar-refractivity contribution in [1.82, 2.24) is 0 Å². The maximum atomic E-state index is 12.8. The molecular formula is C23H36Br2O3. The Morgan fingerprint density at radius 2 is 1.79 bits per heavy atom. The summed E-state index contributed by atoms with van der Waals surface area (Å²) in [6.07, 6.45) is 9.89. The molecule has 4 aliphatic carbocycles. The van der Waals surface area contributed by atoms with Gasteiger partial charge in [-0.2, -0.15) is 0 Å². The first kappa shape index (κ1) is 21.8. The lowest BCUT2D eigenvalue weighted by atomic mass is 9.44. The molecule has 0 bridgehead atoms. The minimum atomic E-state index is -0.629. The maximum absolute atomic E-state index is 12.8. The first-order chi connectivity index (χ1) is 13.1. The van der Waals surface area contributed by atoms with Crippen LogP contribution in [0.3, 0.4) is 0 Å². The van der Waals surface area contributed by atoms with E-state index in [1.54, 1.807) is 7.11 Å². The number of fused-ring (bicyclic) bond motifs is 5. The molecule has 4 aliphatic rings. The van der Waals surface area contributed by atoms with Crippen LogP contribution in [0.4, 0.5) is 0 Å². The second-order valence-electron chi connectivity index (χ2n) is 10.9. The molecule has 0 heterocycles. The van der Waals surface area contributed by atoms with Crippen LogP contribution in [0.25, 0.3) is 0 Å². The van der Waals surface area contributed by atoms with Gasteiger partial charge in [0.25, 0.3) is 0 Å². The smallest absolute Gasteiger partial charge is 0.160 e. The fourth-order valence-corrected chi connectivity index (χ4v) is 9.99. The SMILES string of the molecule is COC[C@@]1(O)CC[C@@]2(C)[C@@H](CC[C@@H]3[C@@H]2CC[C@@]2(C)[C@H]3CCC2(Br)C(=O)CBr)C1.